The molecule has 24 heavy (non-hydrogen) atoms. The van der Waals surface area contributed by atoms with Crippen molar-refractivity contribution in [2.45, 2.75) is 12.8 Å². The topological polar surface area (TPSA) is 59.0 Å². The van der Waals surface area contributed by atoms with Crippen molar-refractivity contribution >= 4 is 18.0 Å². The van der Waals surface area contributed by atoms with Gasteiger partial charge in [0.25, 0.3) is 11.8 Å². The van der Waals surface area contributed by atoms with Crippen molar-refractivity contribution < 1.29 is 14.3 Å². The highest BCUT2D eigenvalue weighted by molar-refractivity contribution is 6.07. The monoisotopic (exact) mass is 322 g/mol. The van der Waals surface area contributed by atoms with Crippen LogP contribution in [0.25, 0.3) is 0 Å². The van der Waals surface area contributed by atoms with Crippen LogP contribution in [-0.2, 0) is 9.59 Å². The van der Waals surface area contributed by atoms with Gasteiger partial charge in [0.05, 0.1) is 25.2 Å². The van der Waals surface area contributed by atoms with E-state index in [2.05, 4.69) is 17.3 Å². The van der Waals surface area contributed by atoms with E-state index in [-0.39, 0.29) is 40.9 Å². The van der Waals surface area contributed by atoms with Crippen LogP contribution < -0.4 is 4.74 Å². The highest BCUT2D eigenvalue weighted by Crippen LogP contribution is 2.73. The van der Waals surface area contributed by atoms with Gasteiger partial charge >= 0.3 is 0 Å². The fourth-order valence-electron chi connectivity index (χ4n) is 4.99. The average Bonchev–Trinajstić information content (AvgIpc) is 3.21. The minimum atomic E-state index is -0.192. The molecule has 4 atom stereocenters. The number of carbonyl (C=O) groups excluding carboxylic acids is 2. The number of methoxy groups -OCH3 is 1. The van der Waals surface area contributed by atoms with Crippen LogP contribution in [0.5, 0.6) is 5.75 Å². The van der Waals surface area contributed by atoms with Crippen molar-refractivity contribution in [1.29, 1.82) is 0 Å². The summed E-state index contributed by atoms with van der Waals surface area (Å²) in [5.74, 6) is 0.601. The van der Waals surface area contributed by atoms with Gasteiger partial charge in [-0.1, -0.05) is 12.2 Å². The summed E-state index contributed by atoms with van der Waals surface area (Å²) < 4.78 is 5.12. The van der Waals surface area contributed by atoms with E-state index in [0.717, 1.165) is 29.2 Å². The Balaban J connectivity index is 1.40. The molecule has 4 aliphatic rings. The lowest BCUT2D eigenvalue weighted by Crippen LogP contribution is -2.30. The average molecular weight is 322 g/mol. The Morgan fingerprint density at radius 1 is 1.08 bits per heavy atom. The number of ether oxygens (including phenoxy) is 1. The first-order valence-electron chi connectivity index (χ1n) is 8.40. The van der Waals surface area contributed by atoms with Crippen molar-refractivity contribution in [2.75, 3.05) is 7.11 Å². The number of amides is 2. The molecule has 2 saturated carbocycles. The van der Waals surface area contributed by atoms with Crippen molar-refractivity contribution in [3.05, 3.63) is 42.0 Å². The van der Waals surface area contributed by atoms with Gasteiger partial charge in [-0.3, -0.25) is 9.59 Å². The van der Waals surface area contributed by atoms with E-state index in [1.165, 1.54) is 0 Å². The van der Waals surface area contributed by atoms with E-state index in [9.17, 15) is 9.59 Å². The zero-order valence-corrected chi connectivity index (χ0v) is 13.4. The summed E-state index contributed by atoms with van der Waals surface area (Å²) in [6, 6.07) is 7.34. The van der Waals surface area contributed by atoms with Gasteiger partial charge in [-0.05, 0) is 59.9 Å². The lowest BCUT2D eigenvalue weighted by atomic mass is 9.85. The fraction of sp³-hybridized carbons (Fsp3) is 0.421. The van der Waals surface area contributed by atoms with Gasteiger partial charge in [0.1, 0.15) is 5.75 Å². The number of hydrogen-bond donors (Lipinski definition) is 0. The second kappa shape index (κ2) is 4.56. The zero-order valence-electron chi connectivity index (χ0n) is 13.4. The molecule has 5 nitrogen and oxygen atoms in total. The molecule has 3 aliphatic carbocycles. The first kappa shape index (κ1) is 14.0. The Morgan fingerprint density at radius 2 is 1.67 bits per heavy atom. The Hall–Kier alpha value is -2.43. The number of allylic oxidation sites excluding steroid dienone is 2. The summed E-state index contributed by atoms with van der Waals surface area (Å²) in [5, 5.41) is 5.30. The van der Waals surface area contributed by atoms with Gasteiger partial charge in [0.15, 0.2) is 0 Å². The van der Waals surface area contributed by atoms with Gasteiger partial charge < -0.3 is 4.74 Å². The number of fused-ring (bicyclic) bond motifs is 3. The van der Waals surface area contributed by atoms with E-state index in [1.807, 2.05) is 24.3 Å². The number of benzene rings is 1. The van der Waals surface area contributed by atoms with Gasteiger partial charge in [0, 0.05) is 0 Å². The summed E-state index contributed by atoms with van der Waals surface area (Å²) in [4.78, 5) is 25.5. The van der Waals surface area contributed by atoms with Gasteiger partial charge in [-0.15, -0.1) is 0 Å². The van der Waals surface area contributed by atoms with E-state index >= 15 is 0 Å². The first-order valence-corrected chi connectivity index (χ1v) is 8.40. The molecule has 122 valence electrons. The summed E-state index contributed by atoms with van der Waals surface area (Å²) in [6.45, 7) is 0. The molecule has 5 rings (SSSR count). The molecule has 0 N–H and O–H groups in total. The third-order valence-electron chi connectivity index (χ3n) is 6.27. The van der Waals surface area contributed by atoms with Gasteiger partial charge in [-0.2, -0.15) is 10.1 Å². The van der Waals surface area contributed by atoms with Crippen LogP contribution in [0, 0.1) is 29.1 Å². The SMILES string of the molecule is COc1ccc(C=NN2C(=O)C3C(C2=O)C2C=CC3C23CC3)cc1. The van der Waals surface area contributed by atoms with Gasteiger partial charge in [-0.25, -0.2) is 0 Å². The van der Waals surface area contributed by atoms with Crippen LogP contribution in [0.2, 0.25) is 0 Å². The van der Waals surface area contributed by atoms with Crippen LogP contribution in [0.4, 0.5) is 0 Å². The maximum Gasteiger partial charge on any atom is 0.254 e. The minimum absolute atomic E-state index is 0.127. The molecule has 0 aromatic heterocycles. The predicted octanol–water partition coefficient (Wildman–Crippen LogP) is 2.23. The first-order chi connectivity index (χ1) is 11.7. The molecule has 3 fully saturated rings. The summed E-state index contributed by atoms with van der Waals surface area (Å²) in [6.07, 6.45) is 8.20. The maximum absolute atomic E-state index is 12.8. The third-order valence-corrected chi connectivity index (χ3v) is 6.27. The Bertz CT molecular complexity index is 757. The van der Waals surface area contributed by atoms with E-state index in [4.69, 9.17) is 4.74 Å². The molecular formula is C19H18N2O3. The molecule has 1 heterocycles. The lowest BCUT2D eigenvalue weighted by Gasteiger charge is -2.18. The van der Waals surface area contributed by atoms with Crippen LogP contribution in [0.3, 0.4) is 0 Å². The molecule has 0 radical (unpaired) electrons. The molecule has 1 spiro atoms. The smallest absolute Gasteiger partial charge is 0.254 e. The van der Waals surface area contributed by atoms with E-state index < -0.39 is 0 Å². The highest BCUT2D eigenvalue weighted by Gasteiger charge is 2.73. The van der Waals surface area contributed by atoms with Gasteiger partial charge in [0.2, 0.25) is 0 Å². The normalized spacial score (nSPS) is 34.6. The summed E-state index contributed by atoms with van der Waals surface area (Å²) >= 11 is 0. The molecule has 1 saturated heterocycles. The quantitative estimate of drug-likeness (QED) is 0.487. The highest BCUT2D eigenvalue weighted by atomic mass is 16.5. The van der Waals surface area contributed by atoms with Crippen molar-refractivity contribution in [1.82, 2.24) is 5.01 Å². The number of imide groups is 1. The van der Waals surface area contributed by atoms with Crippen LogP contribution in [-0.4, -0.2) is 30.1 Å². The maximum atomic E-state index is 12.8. The third kappa shape index (κ3) is 1.62. The van der Waals surface area contributed by atoms with Crippen molar-refractivity contribution in [2.24, 2.45) is 34.2 Å². The number of hydrogen-bond acceptors (Lipinski definition) is 4. The van der Waals surface area contributed by atoms with E-state index in [0.29, 0.717) is 0 Å². The predicted molar refractivity (Wildman–Crippen MR) is 87.2 cm³/mol. The second-order valence-corrected chi connectivity index (χ2v) is 7.23. The van der Waals surface area contributed by atoms with E-state index in [1.54, 1.807) is 13.3 Å². The minimum Gasteiger partial charge on any atom is -0.497 e. The number of hydrazone groups is 1. The summed E-state index contributed by atoms with van der Waals surface area (Å²) in [5.41, 5.74) is 1.06. The van der Waals surface area contributed by atoms with Crippen LogP contribution in [0.15, 0.2) is 41.5 Å². The zero-order chi connectivity index (χ0) is 16.5. The van der Waals surface area contributed by atoms with Crippen molar-refractivity contribution in [3.8, 4) is 5.75 Å². The number of rotatable bonds is 3. The molecule has 5 heteroatoms. The fourth-order valence-corrected chi connectivity index (χ4v) is 4.99. The molecule has 1 aliphatic heterocycles. The molecule has 1 aromatic rings. The van der Waals surface area contributed by atoms with Crippen LogP contribution in [0.1, 0.15) is 18.4 Å². The molecule has 2 bridgehead atoms. The number of nitrogens with zero attached hydrogens (tertiary/aromatic N) is 2. The lowest BCUT2D eigenvalue weighted by molar-refractivity contribution is -0.141. The Morgan fingerprint density at radius 3 is 2.17 bits per heavy atom. The van der Waals surface area contributed by atoms with Crippen molar-refractivity contribution in [3.63, 3.8) is 0 Å². The largest absolute Gasteiger partial charge is 0.497 e. The Kier molecular flexibility index (Phi) is 2.65. The second-order valence-electron chi connectivity index (χ2n) is 7.23. The van der Waals surface area contributed by atoms with Crippen LogP contribution >= 0.6 is 0 Å². The molecule has 4 unspecified atom stereocenters. The molecule has 2 amide bonds. The Labute approximate surface area is 140 Å². The number of carbonyl (C=O) groups is 2. The summed E-state index contributed by atoms with van der Waals surface area (Å²) in [7, 11) is 1.61. The standard InChI is InChI=1S/C19H18N2O3/c1-24-12-4-2-11(3-5-12)10-20-21-17(22)15-13-6-7-14(16(15)18(21)23)19(13)8-9-19/h2-7,10,13-16H,8-9H2,1H3. The molecule has 1 aromatic carbocycles. The molecular weight excluding hydrogens is 304 g/mol.